The fourth-order valence-corrected chi connectivity index (χ4v) is 2.87. The molecule has 0 unspecified atom stereocenters. The second kappa shape index (κ2) is 5.31. The van der Waals surface area contributed by atoms with Gasteiger partial charge in [0, 0.05) is 6.20 Å². The number of hydrogen-bond donors (Lipinski definition) is 1. The molecule has 1 N–H and O–H groups in total. The number of sulfonamides is 1. The van der Waals surface area contributed by atoms with Gasteiger partial charge in [-0.2, -0.15) is 5.26 Å². The Morgan fingerprint density at radius 1 is 1.20 bits per heavy atom. The van der Waals surface area contributed by atoms with Gasteiger partial charge in [-0.15, -0.1) is 0 Å². The molecular formula is C14H13N3O2S. The van der Waals surface area contributed by atoms with E-state index in [0.717, 1.165) is 5.56 Å². The predicted octanol–water partition coefficient (Wildman–Crippen LogP) is 2.37. The van der Waals surface area contributed by atoms with Crippen LogP contribution in [-0.2, 0) is 10.0 Å². The number of pyridine rings is 1. The minimum atomic E-state index is -3.68. The summed E-state index contributed by atoms with van der Waals surface area (Å²) in [5.41, 5.74) is 2.35. The van der Waals surface area contributed by atoms with Gasteiger partial charge < -0.3 is 0 Å². The van der Waals surface area contributed by atoms with Crippen LogP contribution in [0.3, 0.4) is 0 Å². The Balaban J connectivity index is 2.36. The Bertz CT molecular complexity index is 792. The van der Waals surface area contributed by atoms with Crippen molar-refractivity contribution in [3.8, 4) is 6.07 Å². The molecule has 6 heteroatoms. The summed E-state index contributed by atoms with van der Waals surface area (Å²) in [4.78, 5) is 4.06. The van der Waals surface area contributed by atoms with Crippen molar-refractivity contribution in [2.45, 2.75) is 18.7 Å². The van der Waals surface area contributed by atoms with Gasteiger partial charge >= 0.3 is 0 Å². The molecule has 0 fully saturated rings. The first-order valence-electron chi connectivity index (χ1n) is 5.87. The molecule has 2 aromatic rings. The summed E-state index contributed by atoms with van der Waals surface area (Å²) in [7, 11) is -3.68. The van der Waals surface area contributed by atoms with Crippen molar-refractivity contribution in [2.75, 3.05) is 4.72 Å². The summed E-state index contributed by atoms with van der Waals surface area (Å²) in [5.74, 6) is 0. The second-order valence-electron chi connectivity index (χ2n) is 4.44. The molecular weight excluding hydrogens is 274 g/mol. The zero-order chi connectivity index (χ0) is 14.8. The lowest BCUT2D eigenvalue weighted by Gasteiger charge is -2.09. The normalized spacial score (nSPS) is 10.8. The van der Waals surface area contributed by atoms with Crippen LogP contribution in [-0.4, -0.2) is 13.4 Å². The maximum atomic E-state index is 12.2. The van der Waals surface area contributed by atoms with Crippen molar-refractivity contribution in [2.24, 2.45) is 0 Å². The summed E-state index contributed by atoms with van der Waals surface area (Å²) in [6.07, 6.45) is 3.09. The monoisotopic (exact) mass is 287 g/mol. The Hall–Kier alpha value is -2.39. The maximum absolute atomic E-state index is 12.2. The molecule has 0 radical (unpaired) electrons. The fraction of sp³-hybridized carbons (Fsp3) is 0.143. The van der Waals surface area contributed by atoms with Crippen molar-refractivity contribution >= 4 is 15.7 Å². The minimum absolute atomic E-state index is 0.121. The minimum Gasteiger partial charge on any atom is -0.278 e. The van der Waals surface area contributed by atoms with Crippen molar-refractivity contribution in [1.29, 1.82) is 5.26 Å². The van der Waals surface area contributed by atoms with Gasteiger partial charge in [0.25, 0.3) is 10.0 Å². The van der Waals surface area contributed by atoms with Gasteiger partial charge in [-0.3, -0.25) is 9.71 Å². The number of benzene rings is 1. The molecule has 0 saturated heterocycles. The van der Waals surface area contributed by atoms with Crippen LogP contribution >= 0.6 is 0 Å². The van der Waals surface area contributed by atoms with Crippen LogP contribution in [0, 0.1) is 25.2 Å². The van der Waals surface area contributed by atoms with Gasteiger partial charge in [0.15, 0.2) is 0 Å². The highest BCUT2D eigenvalue weighted by Gasteiger charge is 2.15. The lowest BCUT2D eigenvalue weighted by Crippen LogP contribution is -2.13. The van der Waals surface area contributed by atoms with E-state index in [4.69, 9.17) is 5.26 Å². The molecule has 0 aliphatic rings. The molecule has 0 bridgehead atoms. The van der Waals surface area contributed by atoms with Crippen LogP contribution in [0.2, 0.25) is 0 Å². The molecule has 0 saturated carbocycles. The van der Waals surface area contributed by atoms with Crippen molar-refractivity contribution in [3.63, 3.8) is 0 Å². The second-order valence-corrected chi connectivity index (χ2v) is 6.13. The van der Waals surface area contributed by atoms with Crippen LogP contribution in [0.1, 0.15) is 16.7 Å². The fourth-order valence-electron chi connectivity index (χ4n) is 1.75. The molecule has 20 heavy (non-hydrogen) atoms. The first-order valence-corrected chi connectivity index (χ1v) is 7.36. The largest absolute Gasteiger partial charge is 0.278 e. The summed E-state index contributed by atoms with van der Waals surface area (Å²) in [6, 6.07) is 8.09. The van der Waals surface area contributed by atoms with E-state index < -0.39 is 10.0 Å². The van der Waals surface area contributed by atoms with E-state index in [9.17, 15) is 8.42 Å². The molecule has 0 aliphatic heterocycles. The first-order chi connectivity index (χ1) is 9.42. The van der Waals surface area contributed by atoms with E-state index in [2.05, 4.69) is 9.71 Å². The molecule has 0 amide bonds. The Morgan fingerprint density at radius 3 is 2.55 bits per heavy atom. The van der Waals surface area contributed by atoms with Gasteiger partial charge in [-0.05, 0) is 49.2 Å². The van der Waals surface area contributed by atoms with E-state index in [1.54, 1.807) is 19.2 Å². The van der Waals surface area contributed by atoms with Crippen LogP contribution in [0.25, 0.3) is 0 Å². The van der Waals surface area contributed by atoms with Gasteiger partial charge in [-0.1, -0.05) is 0 Å². The molecule has 2 rings (SSSR count). The number of nitrogens with one attached hydrogen (secondary N) is 1. The third-order valence-electron chi connectivity index (χ3n) is 2.76. The summed E-state index contributed by atoms with van der Waals surface area (Å²) >= 11 is 0. The Morgan fingerprint density at radius 2 is 1.95 bits per heavy atom. The molecule has 102 valence electrons. The lowest BCUT2D eigenvalue weighted by atomic mass is 10.1. The van der Waals surface area contributed by atoms with Crippen LogP contribution in [0.4, 0.5) is 5.69 Å². The number of nitrogens with zero attached hydrogens (tertiary/aromatic N) is 2. The highest BCUT2D eigenvalue weighted by molar-refractivity contribution is 7.92. The smallest absolute Gasteiger partial charge is 0.261 e. The lowest BCUT2D eigenvalue weighted by molar-refractivity contribution is 0.601. The van der Waals surface area contributed by atoms with Gasteiger partial charge in [0.2, 0.25) is 0 Å². The summed E-state index contributed by atoms with van der Waals surface area (Å²) in [6.45, 7) is 3.53. The van der Waals surface area contributed by atoms with Gasteiger partial charge in [0.1, 0.15) is 0 Å². The third kappa shape index (κ3) is 2.95. The number of rotatable bonds is 3. The number of aromatic nitrogens is 1. The molecule has 0 atom stereocenters. The third-order valence-corrected chi connectivity index (χ3v) is 4.13. The SMILES string of the molecule is Cc1cncc(NS(=O)(=O)c2ccc(C#N)c(C)c2)c1. The summed E-state index contributed by atoms with van der Waals surface area (Å²) < 4.78 is 27.0. The number of aryl methyl sites for hydroxylation is 2. The van der Waals surface area contributed by atoms with Crippen LogP contribution in [0.5, 0.6) is 0 Å². The van der Waals surface area contributed by atoms with Crippen molar-refractivity contribution in [3.05, 3.63) is 53.3 Å². The van der Waals surface area contributed by atoms with Crippen molar-refractivity contribution in [1.82, 2.24) is 4.98 Å². The van der Waals surface area contributed by atoms with E-state index in [0.29, 0.717) is 16.8 Å². The van der Waals surface area contributed by atoms with E-state index >= 15 is 0 Å². The average Bonchev–Trinajstić information content (AvgIpc) is 2.38. The first kappa shape index (κ1) is 14.0. The van der Waals surface area contributed by atoms with Crippen LogP contribution in [0.15, 0.2) is 41.6 Å². The quantitative estimate of drug-likeness (QED) is 0.939. The van der Waals surface area contributed by atoms with Gasteiger partial charge in [0.05, 0.1) is 28.4 Å². The standard InChI is InChI=1S/C14H13N3O2S/c1-10-5-13(9-16-8-10)17-20(18,19)14-4-3-12(7-15)11(2)6-14/h3-6,8-9,17H,1-2H3. The topological polar surface area (TPSA) is 82.8 Å². The van der Waals surface area contributed by atoms with Crippen LogP contribution < -0.4 is 4.72 Å². The molecule has 5 nitrogen and oxygen atoms in total. The zero-order valence-electron chi connectivity index (χ0n) is 11.1. The van der Waals surface area contributed by atoms with E-state index in [1.807, 2.05) is 13.0 Å². The summed E-state index contributed by atoms with van der Waals surface area (Å²) in [5, 5.41) is 8.85. The van der Waals surface area contributed by atoms with E-state index in [-0.39, 0.29) is 4.90 Å². The maximum Gasteiger partial charge on any atom is 0.261 e. The molecule has 0 spiro atoms. The predicted molar refractivity (Wildman–Crippen MR) is 75.7 cm³/mol. The number of anilines is 1. The van der Waals surface area contributed by atoms with Gasteiger partial charge in [-0.25, -0.2) is 8.42 Å². The molecule has 1 aromatic heterocycles. The molecule has 0 aliphatic carbocycles. The average molecular weight is 287 g/mol. The Labute approximate surface area is 118 Å². The van der Waals surface area contributed by atoms with Crippen molar-refractivity contribution < 1.29 is 8.42 Å². The number of hydrogen-bond acceptors (Lipinski definition) is 4. The highest BCUT2D eigenvalue weighted by atomic mass is 32.2. The molecule has 1 aromatic carbocycles. The highest BCUT2D eigenvalue weighted by Crippen LogP contribution is 2.18. The molecule has 1 heterocycles. The Kier molecular flexibility index (Phi) is 3.72. The zero-order valence-corrected chi connectivity index (χ0v) is 11.9. The van der Waals surface area contributed by atoms with E-state index in [1.165, 1.54) is 24.4 Å². The number of nitriles is 1.